The molecule has 5 nitrogen and oxygen atoms in total. The number of nitrogens with zero attached hydrogens (tertiary/aromatic N) is 3. The molecule has 0 spiro atoms. The second-order valence-corrected chi connectivity index (χ2v) is 6.79. The lowest BCUT2D eigenvalue weighted by atomic mass is 9.97. The van der Waals surface area contributed by atoms with Crippen LogP contribution in [0.25, 0.3) is 16.8 Å². The van der Waals surface area contributed by atoms with Crippen LogP contribution in [0.2, 0.25) is 0 Å². The molecule has 1 amide bonds. The van der Waals surface area contributed by atoms with Crippen molar-refractivity contribution in [1.82, 2.24) is 14.3 Å². The molecule has 4 rings (SSSR count). The molecule has 0 aliphatic carbocycles. The van der Waals surface area contributed by atoms with Gasteiger partial charge in [0.2, 0.25) is 6.41 Å². The summed E-state index contributed by atoms with van der Waals surface area (Å²) in [5.74, 6) is 0.692. The molecule has 1 aromatic carbocycles. The van der Waals surface area contributed by atoms with Gasteiger partial charge in [0.25, 0.3) is 0 Å². The van der Waals surface area contributed by atoms with E-state index in [2.05, 4.69) is 4.74 Å². The smallest absolute Gasteiger partial charge is 0.406 e. The van der Waals surface area contributed by atoms with Crippen LogP contribution in [0.4, 0.5) is 13.2 Å². The summed E-state index contributed by atoms with van der Waals surface area (Å²) in [4.78, 5) is 17.7. The van der Waals surface area contributed by atoms with Crippen molar-refractivity contribution in [3.05, 3.63) is 54.5 Å². The van der Waals surface area contributed by atoms with Gasteiger partial charge in [-0.1, -0.05) is 6.07 Å². The number of alkyl halides is 3. The summed E-state index contributed by atoms with van der Waals surface area (Å²) in [5.41, 5.74) is 2.26. The third-order valence-electron chi connectivity index (χ3n) is 4.90. The largest absolute Gasteiger partial charge is 0.573 e. The standard InChI is InChI=1S/C20H18F3N3O2/c21-20(22,23)28-16-8-6-14(7-9-16)18-17-5-1-2-11-26(17)19(24-18)15-4-3-10-25(12-15)13-27/h1-2,5-9,11,13,15H,3-4,10,12H2. The summed E-state index contributed by atoms with van der Waals surface area (Å²) in [5, 5.41) is 0. The van der Waals surface area contributed by atoms with Gasteiger partial charge in [0.1, 0.15) is 11.6 Å². The number of hydrogen-bond donors (Lipinski definition) is 0. The van der Waals surface area contributed by atoms with E-state index in [9.17, 15) is 18.0 Å². The molecule has 1 atom stereocenters. The van der Waals surface area contributed by atoms with Crippen molar-refractivity contribution in [3.63, 3.8) is 0 Å². The first-order valence-corrected chi connectivity index (χ1v) is 8.97. The number of carbonyl (C=O) groups is 1. The number of rotatable bonds is 4. The van der Waals surface area contributed by atoms with Crippen LogP contribution in [0, 0.1) is 0 Å². The summed E-state index contributed by atoms with van der Waals surface area (Å²) in [6, 6.07) is 11.4. The molecule has 3 heterocycles. The Morgan fingerprint density at radius 3 is 2.64 bits per heavy atom. The zero-order valence-electron chi connectivity index (χ0n) is 14.9. The van der Waals surface area contributed by atoms with Crippen molar-refractivity contribution in [2.24, 2.45) is 0 Å². The number of likely N-dealkylation sites (tertiary alicyclic amines) is 1. The summed E-state index contributed by atoms with van der Waals surface area (Å²) < 4.78 is 43.1. The molecule has 28 heavy (non-hydrogen) atoms. The molecule has 0 radical (unpaired) electrons. The van der Waals surface area contributed by atoms with Gasteiger partial charge in [-0.15, -0.1) is 13.2 Å². The lowest BCUT2D eigenvalue weighted by Crippen LogP contribution is -2.33. The van der Waals surface area contributed by atoms with E-state index in [0.717, 1.165) is 37.1 Å². The van der Waals surface area contributed by atoms with Crippen LogP contribution >= 0.6 is 0 Å². The zero-order valence-corrected chi connectivity index (χ0v) is 14.9. The Bertz CT molecular complexity index is 983. The number of aromatic nitrogens is 2. The highest BCUT2D eigenvalue weighted by atomic mass is 19.4. The molecule has 146 valence electrons. The maximum absolute atomic E-state index is 12.4. The Morgan fingerprint density at radius 2 is 1.93 bits per heavy atom. The van der Waals surface area contributed by atoms with Crippen LogP contribution in [-0.4, -0.2) is 40.1 Å². The van der Waals surface area contributed by atoms with E-state index in [-0.39, 0.29) is 11.7 Å². The molecule has 1 unspecified atom stereocenters. The van der Waals surface area contributed by atoms with Gasteiger partial charge < -0.3 is 14.0 Å². The molecule has 2 aromatic heterocycles. The van der Waals surface area contributed by atoms with Gasteiger partial charge in [-0.05, 0) is 49.2 Å². The Balaban J connectivity index is 1.71. The molecular formula is C20H18F3N3O2. The molecule has 1 aliphatic rings. The van der Waals surface area contributed by atoms with Gasteiger partial charge in [-0.2, -0.15) is 0 Å². The van der Waals surface area contributed by atoms with Gasteiger partial charge in [-0.3, -0.25) is 4.79 Å². The fraction of sp³-hybridized carbons (Fsp3) is 0.300. The van der Waals surface area contributed by atoms with Crippen LogP contribution in [-0.2, 0) is 4.79 Å². The fourth-order valence-electron chi connectivity index (χ4n) is 3.69. The average Bonchev–Trinajstić information content (AvgIpc) is 3.07. The first kappa shape index (κ1) is 18.3. The molecule has 1 fully saturated rings. The lowest BCUT2D eigenvalue weighted by molar-refractivity contribution is -0.274. The molecule has 0 N–H and O–H groups in total. The van der Waals surface area contributed by atoms with Gasteiger partial charge >= 0.3 is 6.36 Å². The van der Waals surface area contributed by atoms with Gasteiger partial charge in [0.15, 0.2) is 0 Å². The highest BCUT2D eigenvalue weighted by Gasteiger charge is 2.31. The number of ether oxygens (including phenoxy) is 1. The van der Waals surface area contributed by atoms with E-state index in [1.807, 2.05) is 28.8 Å². The second-order valence-electron chi connectivity index (χ2n) is 6.79. The van der Waals surface area contributed by atoms with Gasteiger partial charge in [-0.25, -0.2) is 4.98 Å². The quantitative estimate of drug-likeness (QED) is 0.627. The highest BCUT2D eigenvalue weighted by Crippen LogP contribution is 2.33. The summed E-state index contributed by atoms with van der Waals surface area (Å²) in [6.45, 7) is 1.35. The maximum Gasteiger partial charge on any atom is 0.573 e. The van der Waals surface area contributed by atoms with Gasteiger partial charge in [0.05, 0.1) is 11.2 Å². The Labute approximate surface area is 159 Å². The number of amides is 1. The zero-order chi connectivity index (χ0) is 19.7. The molecule has 1 aliphatic heterocycles. The van der Waals surface area contributed by atoms with E-state index in [4.69, 9.17) is 4.98 Å². The number of hydrogen-bond acceptors (Lipinski definition) is 3. The molecular weight excluding hydrogens is 371 g/mol. The predicted octanol–water partition coefficient (Wildman–Crippen LogP) is 4.24. The van der Waals surface area contributed by atoms with Crippen molar-refractivity contribution in [3.8, 4) is 17.0 Å². The van der Waals surface area contributed by atoms with Crippen molar-refractivity contribution in [2.75, 3.05) is 13.1 Å². The van der Waals surface area contributed by atoms with Crippen LogP contribution < -0.4 is 4.74 Å². The van der Waals surface area contributed by atoms with Crippen molar-refractivity contribution in [1.29, 1.82) is 0 Å². The number of carbonyl (C=O) groups excluding carboxylic acids is 1. The lowest BCUT2D eigenvalue weighted by Gasteiger charge is -2.29. The minimum Gasteiger partial charge on any atom is -0.406 e. The molecule has 0 saturated carbocycles. The van der Waals surface area contributed by atoms with Gasteiger partial charge in [0, 0.05) is 30.8 Å². The van der Waals surface area contributed by atoms with Crippen molar-refractivity contribution >= 4 is 11.9 Å². The fourth-order valence-corrected chi connectivity index (χ4v) is 3.69. The summed E-state index contributed by atoms with van der Waals surface area (Å²) >= 11 is 0. The Kier molecular flexibility index (Phi) is 4.70. The SMILES string of the molecule is O=CN1CCCC(c2nc(-c3ccc(OC(F)(F)F)cc3)c3ccccn23)C1. The number of halogens is 3. The number of piperidine rings is 1. The number of pyridine rings is 1. The number of imidazole rings is 1. The van der Waals surface area contributed by atoms with E-state index in [0.29, 0.717) is 17.8 Å². The molecule has 3 aromatic rings. The summed E-state index contributed by atoms with van der Waals surface area (Å²) in [7, 11) is 0. The predicted molar refractivity (Wildman–Crippen MR) is 96.9 cm³/mol. The minimum absolute atomic E-state index is 0.107. The molecule has 1 saturated heterocycles. The second kappa shape index (κ2) is 7.18. The molecule has 0 bridgehead atoms. The first-order valence-electron chi connectivity index (χ1n) is 8.97. The van der Waals surface area contributed by atoms with Crippen molar-refractivity contribution < 1.29 is 22.7 Å². The van der Waals surface area contributed by atoms with Crippen molar-refractivity contribution in [2.45, 2.75) is 25.1 Å². The molecule has 8 heteroatoms. The Morgan fingerprint density at radius 1 is 1.14 bits per heavy atom. The minimum atomic E-state index is -4.72. The van der Waals surface area contributed by atoms with Crippen LogP contribution in [0.5, 0.6) is 5.75 Å². The highest BCUT2D eigenvalue weighted by molar-refractivity contribution is 5.78. The maximum atomic E-state index is 12.4. The van der Waals surface area contributed by atoms with Crippen LogP contribution in [0.15, 0.2) is 48.7 Å². The van der Waals surface area contributed by atoms with E-state index in [1.54, 1.807) is 17.0 Å². The van der Waals surface area contributed by atoms with Crippen LogP contribution in [0.3, 0.4) is 0 Å². The van der Waals surface area contributed by atoms with E-state index >= 15 is 0 Å². The third-order valence-corrected chi connectivity index (χ3v) is 4.90. The average molecular weight is 389 g/mol. The normalized spacial score (nSPS) is 17.7. The Hall–Kier alpha value is -3.03. The monoisotopic (exact) mass is 389 g/mol. The van der Waals surface area contributed by atoms with Crippen LogP contribution in [0.1, 0.15) is 24.6 Å². The van der Waals surface area contributed by atoms with E-state index < -0.39 is 6.36 Å². The number of benzene rings is 1. The summed E-state index contributed by atoms with van der Waals surface area (Å²) in [6.07, 6.45) is -0.105. The topological polar surface area (TPSA) is 46.8 Å². The third kappa shape index (κ3) is 3.67. The van der Waals surface area contributed by atoms with E-state index in [1.165, 1.54) is 12.1 Å². The number of fused-ring (bicyclic) bond motifs is 1. The first-order chi connectivity index (χ1) is 13.4.